The fraction of sp³-hybridized carbons (Fsp3) is 0.667. The van der Waals surface area contributed by atoms with Crippen LogP contribution >= 0.6 is 0 Å². The number of amides is 1. The molecule has 0 radical (unpaired) electrons. The second kappa shape index (κ2) is 6.59. The smallest absolute Gasteiger partial charge is 0.355 e. The van der Waals surface area contributed by atoms with Crippen molar-refractivity contribution in [1.82, 2.24) is 4.57 Å². The number of nitrogens with two attached hydrogens (primary N) is 1. The summed E-state index contributed by atoms with van der Waals surface area (Å²) in [6.45, 7) is 2.69. The van der Waals surface area contributed by atoms with Gasteiger partial charge in [0, 0.05) is 31.7 Å². The largest absolute Gasteiger partial charge is 0.457 e. The van der Waals surface area contributed by atoms with Gasteiger partial charge in [0.25, 0.3) is 0 Å². The Hall–Kier alpha value is -1.82. The Morgan fingerprint density at radius 1 is 1.29 bits per heavy atom. The molecule has 0 unspecified atom stereocenters. The topological polar surface area (TPSA) is 83.6 Å². The predicted octanol–water partition coefficient (Wildman–Crippen LogP) is 2.41. The minimum absolute atomic E-state index is 0.0262. The fourth-order valence-corrected chi connectivity index (χ4v) is 4.26. The van der Waals surface area contributed by atoms with Crippen molar-refractivity contribution in [3.05, 3.63) is 23.5 Å². The highest BCUT2D eigenvalue weighted by Gasteiger charge is 2.57. The quantitative estimate of drug-likeness (QED) is 0.838. The molecule has 2 atom stereocenters. The third kappa shape index (κ3) is 2.83. The highest BCUT2D eigenvalue weighted by Crippen LogP contribution is 2.54. The van der Waals surface area contributed by atoms with E-state index in [-0.39, 0.29) is 17.6 Å². The molecule has 1 aromatic heterocycles. The number of hydrogen-bond acceptors (Lipinski definition) is 4. The van der Waals surface area contributed by atoms with E-state index in [0.717, 1.165) is 32.1 Å². The van der Waals surface area contributed by atoms with E-state index in [1.165, 1.54) is 12.5 Å². The van der Waals surface area contributed by atoms with Crippen LogP contribution in [0.5, 0.6) is 0 Å². The summed E-state index contributed by atoms with van der Waals surface area (Å²) in [5, 5.41) is 0. The number of aromatic nitrogens is 1. The number of ether oxygens (including phenoxy) is 2. The summed E-state index contributed by atoms with van der Waals surface area (Å²) in [7, 11) is 1.71. The molecule has 0 aromatic carbocycles. The summed E-state index contributed by atoms with van der Waals surface area (Å²) in [6.07, 6.45) is 8.06. The third-order valence-corrected chi connectivity index (χ3v) is 5.61. The molecule has 1 heterocycles. The van der Waals surface area contributed by atoms with Gasteiger partial charge in [-0.15, -0.1) is 0 Å². The molecule has 1 aromatic rings. The van der Waals surface area contributed by atoms with E-state index in [9.17, 15) is 9.59 Å². The van der Waals surface area contributed by atoms with Gasteiger partial charge >= 0.3 is 5.97 Å². The molecule has 6 nitrogen and oxygen atoms in total. The Morgan fingerprint density at radius 2 is 2.00 bits per heavy atom. The van der Waals surface area contributed by atoms with Crippen molar-refractivity contribution >= 4 is 11.9 Å². The Kier molecular flexibility index (Phi) is 4.67. The van der Waals surface area contributed by atoms with Gasteiger partial charge in [-0.1, -0.05) is 19.3 Å². The lowest BCUT2D eigenvalue weighted by Crippen LogP contribution is -2.60. The van der Waals surface area contributed by atoms with E-state index in [0.29, 0.717) is 17.9 Å². The van der Waals surface area contributed by atoms with Crippen molar-refractivity contribution in [2.24, 2.45) is 18.2 Å². The Morgan fingerprint density at radius 3 is 2.58 bits per heavy atom. The first-order valence-corrected chi connectivity index (χ1v) is 8.76. The molecule has 2 aliphatic rings. The van der Waals surface area contributed by atoms with E-state index >= 15 is 0 Å². The molecule has 132 valence electrons. The van der Waals surface area contributed by atoms with Gasteiger partial charge in [0.1, 0.15) is 11.8 Å². The van der Waals surface area contributed by atoms with Crippen molar-refractivity contribution in [3.8, 4) is 0 Å². The van der Waals surface area contributed by atoms with Crippen LogP contribution in [0.2, 0.25) is 0 Å². The highest BCUT2D eigenvalue weighted by molar-refractivity contribution is 5.96. The van der Waals surface area contributed by atoms with Crippen LogP contribution in [-0.2, 0) is 16.5 Å². The molecule has 0 bridgehead atoms. The van der Waals surface area contributed by atoms with Crippen LogP contribution in [0.15, 0.2) is 12.3 Å². The zero-order chi connectivity index (χ0) is 17.3. The number of carbonyl (C=O) groups excluding carboxylic acids is 2. The summed E-state index contributed by atoms with van der Waals surface area (Å²) >= 11 is 0. The highest BCUT2D eigenvalue weighted by atomic mass is 16.6. The standard InChI is InChI=1S/C18H26N2O4/c1-3-23-14-10-15(18(14)7-5-4-6-8-18)24-17(22)13-9-12(16(19)21)11-20(13)2/h9,11,14-15H,3-8,10H2,1-2H3,(H2,19,21)/t14-,15+/m1/s1. The van der Waals surface area contributed by atoms with E-state index in [1.54, 1.807) is 17.8 Å². The van der Waals surface area contributed by atoms with Gasteiger partial charge in [-0.05, 0) is 25.8 Å². The number of primary amides is 1. The molecule has 2 N–H and O–H groups in total. The monoisotopic (exact) mass is 334 g/mol. The molecule has 2 aliphatic carbocycles. The zero-order valence-electron chi connectivity index (χ0n) is 14.4. The summed E-state index contributed by atoms with van der Waals surface area (Å²) in [6, 6.07) is 1.50. The number of nitrogens with zero attached hydrogens (tertiary/aromatic N) is 1. The zero-order valence-corrected chi connectivity index (χ0v) is 14.4. The SMILES string of the molecule is CCO[C@@H]1C[C@H](OC(=O)c2cc(C(N)=O)cn2C)C12CCCCC2. The van der Waals surface area contributed by atoms with Crippen LogP contribution in [0.1, 0.15) is 66.3 Å². The second-order valence-electron chi connectivity index (χ2n) is 6.96. The predicted molar refractivity (Wildman–Crippen MR) is 88.7 cm³/mol. The number of carbonyl (C=O) groups is 2. The molecule has 0 saturated heterocycles. The summed E-state index contributed by atoms with van der Waals surface area (Å²) in [4.78, 5) is 23.8. The lowest BCUT2D eigenvalue weighted by atomic mass is 9.56. The first-order chi connectivity index (χ1) is 11.5. The van der Waals surface area contributed by atoms with Crippen molar-refractivity contribution < 1.29 is 19.1 Å². The second-order valence-corrected chi connectivity index (χ2v) is 6.96. The molecule has 3 rings (SSSR count). The maximum atomic E-state index is 12.6. The normalized spacial score (nSPS) is 25.2. The Balaban J connectivity index is 1.73. The lowest BCUT2D eigenvalue weighted by Gasteiger charge is -2.56. The van der Waals surface area contributed by atoms with Crippen LogP contribution in [0.4, 0.5) is 0 Å². The van der Waals surface area contributed by atoms with Crippen molar-refractivity contribution in [2.45, 2.75) is 57.7 Å². The molecule has 1 spiro atoms. The summed E-state index contributed by atoms with van der Waals surface area (Å²) < 4.78 is 13.3. The average molecular weight is 334 g/mol. The molecule has 1 amide bonds. The molecule has 2 fully saturated rings. The van der Waals surface area contributed by atoms with E-state index in [2.05, 4.69) is 0 Å². The van der Waals surface area contributed by atoms with Crippen molar-refractivity contribution in [2.75, 3.05) is 6.61 Å². The molecular formula is C18H26N2O4. The Bertz CT molecular complexity index is 631. The van der Waals surface area contributed by atoms with Crippen LogP contribution in [0.25, 0.3) is 0 Å². The van der Waals surface area contributed by atoms with Crippen LogP contribution in [-0.4, -0.2) is 35.3 Å². The Labute approximate surface area is 142 Å². The van der Waals surface area contributed by atoms with Crippen LogP contribution in [0, 0.1) is 5.41 Å². The minimum Gasteiger partial charge on any atom is -0.457 e. The minimum atomic E-state index is -0.548. The molecule has 2 saturated carbocycles. The number of hydrogen-bond donors (Lipinski definition) is 1. The van der Waals surface area contributed by atoms with Gasteiger partial charge in [0.2, 0.25) is 5.91 Å². The van der Waals surface area contributed by atoms with Gasteiger partial charge in [-0.2, -0.15) is 0 Å². The van der Waals surface area contributed by atoms with Gasteiger partial charge < -0.3 is 19.8 Å². The molecule has 24 heavy (non-hydrogen) atoms. The van der Waals surface area contributed by atoms with Gasteiger partial charge in [-0.25, -0.2) is 4.79 Å². The number of aryl methyl sites for hydroxylation is 1. The summed E-state index contributed by atoms with van der Waals surface area (Å²) in [5.74, 6) is -0.941. The van der Waals surface area contributed by atoms with Gasteiger partial charge in [0.15, 0.2) is 0 Å². The first-order valence-electron chi connectivity index (χ1n) is 8.76. The fourth-order valence-electron chi connectivity index (χ4n) is 4.26. The van der Waals surface area contributed by atoms with Crippen LogP contribution in [0.3, 0.4) is 0 Å². The lowest BCUT2D eigenvalue weighted by molar-refractivity contribution is -0.205. The molecule has 6 heteroatoms. The van der Waals surface area contributed by atoms with Crippen molar-refractivity contribution in [3.63, 3.8) is 0 Å². The van der Waals surface area contributed by atoms with Gasteiger partial charge in [-0.3, -0.25) is 4.79 Å². The van der Waals surface area contributed by atoms with E-state index < -0.39 is 11.9 Å². The van der Waals surface area contributed by atoms with E-state index in [4.69, 9.17) is 15.2 Å². The van der Waals surface area contributed by atoms with Crippen molar-refractivity contribution in [1.29, 1.82) is 0 Å². The summed E-state index contributed by atoms with van der Waals surface area (Å²) in [5.41, 5.74) is 5.92. The van der Waals surface area contributed by atoms with Gasteiger partial charge in [0.05, 0.1) is 11.7 Å². The number of rotatable bonds is 5. The molecule has 0 aliphatic heterocycles. The van der Waals surface area contributed by atoms with E-state index in [1.807, 2.05) is 6.92 Å². The molecular weight excluding hydrogens is 308 g/mol. The first kappa shape index (κ1) is 17.0. The number of esters is 1. The maximum Gasteiger partial charge on any atom is 0.355 e. The third-order valence-electron chi connectivity index (χ3n) is 5.61. The maximum absolute atomic E-state index is 12.6. The average Bonchev–Trinajstić information content (AvgIpc) is 2.97. The van der Waals surface area contributed by atoms with Crippen LogP contribution < -0.4 is 5.73 Å².